The fraction of sp³-hybridized carbons (Fsp3) is 0.321. The van der Waals surface area contributed by atoms with Crippen molar-refractivity contribution in [3.8, 4) is 22.5 Å². The Labute approximate surface area is 213 Å². The van der Waals surface area contributed by atoms with Crippen molar-refractivity contribution in [2.75, 3.05) is 0 Å². The number of benzene rings is 2. The molecule has 0 amide bonds. The number of unbranched alkanes of at least 4 members (excludes halogenated alkanes) is 1. The highest BCUT2D eigenvalue weighted by Crippen LogP contribution is 2.34. The van der Waals surface area contributed by atoms with Gasteiger partial charge in [-0.15, -0.1) is 21.5 Å². The number of nitrogens with one attached hydrogen (secondary N) is 1. The molecule has 0 radical (unpaired) electrons. The summed E-state index contributed by atoms with van der Waals surface area (Å²) in [5.74, 6) is 1.47. The molecule has 8 heteroatoms. The first-order valence-electron chi connectivity index (χ1n) is 12.7. The highest BCUT2D eigenvalue weighted by atomic mass is 32.1. The molecule has 1 aliphatic rings. The van der Waals surface area contributed by atoms with Gasteiger partial charge < -0.3 is 0 Å². The summed E-state index contributed by atoms with van der Waals surface area (Å²) in [7, 11) is 0. The maximum atomic E-state index is 13.8. The quantitative estimate of drug-likeness (QED) is 0.318. The van der Waals surface area contributed by atoms with Crippen LogP contribution in [-0.4, -0.2) is 30.2 Å². The summed E-state index contributed by atoms with van der Waals surface area (Å²) in [5.41, 5.74) is 5.49. The van der Waals surface area contributed by atoms with Gasteiger partial charge in [-0.05, 0) is 59.6 Å². The second-order valence-electron chi connectivity index (χ2n) is 9.39. The van der Waals surface area contributed by atoms with Crippen molar-refractivity contribution < 1.29 is 0 Å². The molecule has 1 aliphatic carbocycles. The zero-order chi connectivity index (χ0) is 24.5. The average Bonchev–Trinajstić information content (AvgIpc) is 3.58. The van der Waals surface area contributed by atoms with Gasteiger partial charge in [-0.1, -0.05) is 61.9 Å². The van der Waals surface area contributed by atoms with Gasteiger partial charge in [-0.3, -0.25) is 9.36 Å². The van der Waals surface area contributed by atoms with Crippen molar-refractivity contribution in [1.29, 1.82) is 0 Å². The molecule has 36 heavy (non-hydrogen) atoms. The van der Waals surface area contributed by atoms with Crippen LogP contribution in [0.2, 0.25) is 0 Å². The standard InChI is InChI=1S/C28H28N6OS/c1-2-3-12-24-29-27-25(22-10-6-7-11-23(22)36-27)28(35)34(24)17-18-13-15-19(16-14-18)20-8-4-5-9-21(20)26-30-32-33-31-26/h4-5,8-9,13-16H,2-3,6-7,10-12,17H2,1H3,(H,30,31,32,33). The molecule has 0 unspecified atom stereocenters. The Morgan fingerprint density at radius 2 is 1.83 bits per heavy atom. The van der Waals surface area contributed by atoms with Crippen molar-refractivity contribution in [3.63, 3.8) is 0 Å². The van der Waals surface area contributed by atoms with Crippen LogP contribution >= 0.6 is 11.3 Å². The molecule has 0 bridgehead atoms. The van der Waals surface area contributed by atoms with Crippen molar-refractivity contribution >= 4 is 21.6 Å². The van der Waals surface area contributed by atoms with Crippen LogP contribution in [0, 0.1) is 0 Å². The number of thiophene rings is 1. The van der Waals surface area contributed by atoms with Crippen molar-refractivity contribution in [2.45, 2.75) is 58.4 Å². The number of aryl methyl sites for hydroxylation is 3. The molecule has 1 N–H and O–H groups in total. The lowest BCUT2D eigenvalue weighted by Gasteiger charge is -2.14. The van der Waals surface area contributed by atoms with Crippen molar-refractivity contribution in [3.05, 3.63) is 80.7 Å². The third kappa shape index (κ3) is 4.15. The Balaban J connectivity index is 1.37. The molecule has 5 aromatic rings. The molecule has 0 aliphatic heterocycles. The number of tetrazole rings is 1. The van der Waals surface area contributed by atoms with E-state index in [1.54, 1.807) is 11.3 Å². The summed E-state index contributed by atoms with van der Waals surface area (Å²) < 4.78 is 1.92. The molecule has 0 saturated carbocycles. The van der Waals surface area contributed by atoms with Gasteiger partial charge in [0.05, 0.1) is 11.9 Å². The Morgan fingerprint density at radius 1 is 1.03 bits per heavy atom. The topological polar surface area (TPSA) is 89.4 Å². The lowest BCUT2D eigenvalue weighted by atomic mass is 9.97. The van der Waals surface area contributed by atoms with E-state index >= 15 is 0 Å². The summed E-state index contributed by atoms with van der Waals surface area (Å²) in [6.07, 6.45) is 7.35. The number of aromatic amines is 1. The van der Waals surface area contributed by atoms with Gasteiger partial charge in [0.1, 0.15) is 10.7 Å². The molecule has 2 aromatic carbocycles. The Bertz CT molecular complexity index is 1570. The van der Waals surface area contributed by atoms with E-state index in [1.165, 1.54) is 16.9 Å². The predicted octanol–water partition coefficient (Wildman–Crippen LogP) is 5.57. The maximum absolute atomic E-state index is 13.8. The molecule has 0 atom stereocenters. The van der Waals surface area contributed by atoms with E-state index in [9.17, 15) is 4.79 Å². The highest BCUT2D eigenvalue weighted by molar-refractivity contribution is 7.18. The van der Waals surface area contributed by atoms with E-state index in [0.717, 1.165) is 76.8 Å². The molecule has 0 saturated heterocycles. The molecular weight excluding hydrogens is 468 g/mol. The molecular formula is C28H28N6OS. The largest absolute Gasteiger partial charge is 0.292 e. The Morgan fingerprint density at radius 3 is 2.61 bits per heavy atom. The Hall–Kier alpha value is -3.65. The fourth-order valence-electron chi connectivity index (χ4n) is 5.15. The van der Waals surface area contributed by atoms with Crippen LogP contribution in [0.4, 0.5) is 0 Å². The lowest BCUT2D eigenvalue weighted by molar-refractivity contribution is 0.645. The third-order valence-electron chi connectivity index (χ3n) is 7.03. The number of nitrogens with zero attached hydrogens (tertiary/aromatic N) is 5. The predicted molar refractivity (Wildman–Crippen MR) is 143 cm³/mol. The van der Waals surface area contributed by atoms with Crippen LogP contribution in [0.1, 0.15) is 54.4 Å². The van der Waals surface area contributed by atoms with Crippen LogP contribution < -0.4 is 5.56 Å². The fourth-order valence-corrected chi connectivity index (χ4v) is 6.42. The number of rotatable bonds is 7. The zero-order valence-corrected chi connectivity index (χ0v) is 21.1. The van der Waals surface area contributed by atoms with Gasteiger partial charge in [0, 0.05) is 16.9 Å². The van der Waals surface area contributed by atoms with Crippen LogP contribution in [-0.2, 0) is 25.8 Å². The minimum atomic E-state index is 0.122. The molecule has 0 spiro atoms. The first-order chi connectivity index (χ1) is 17.7. The van der Waals surface area contributed by atoms with Gasteiger partial charge in [0.2, 0.25) is 5.82 Å². The third-order valence-corrected chi connectivity index (χ3v) is 8.21. The number of H-pyrrole nitrogens is 1. The number of hydrogen-bond donors (Lipinski definition) is 1. The van der Waals surface area contributed by atoms with Gasteiger partial charge >= 0.3 is 0 Å². The Kier molecular flexibility index (Phi) is 6.19. The van der Waals surface area contributed by atoms with Gasteiger partial charge in [0.15, 0.2) is 0 Å². The van der Waals surface area contributed by atoms with Crippen molar-refractivity contribution in [2.24, 2.45) is 0 Å². The van der Waals surface area contributed by atoms with E-state index in [2.05, 4.69) is 57.9 Å². The SMILES string of the molecule is CCCCc1nc2sc3c(c2c(=O)n1Cc1ccc(-c2ccccc2-c2nn[nH]n2)cc1)CCCC3. The summed E-state index contributed by atoms with van der Waals surface area (Å²) in [4.78, 5) is 21.2. The monoisotopic (exact) mass is 496 g/mol. The highest BCUT2D eigenvalue weighted by Gasteiger charge is 2.22. The van der Waals surface area contributed by atoms with E-state index in [4.69, 9.17) is 4.98 Å². The molecule has 3 aromatic heterocycles. The second kappa shape index (κ2) is 9.78. The maximum Gasteiger partial charge on any atom is 0.262 e. The molecule has 7 nitrogen and oxygen atoms in total. The van der Waals surface area contributed by atoms with E-state index in [1.807, 2.05) is 22.8 Å². The normalized spacial score (nSPS) is 13.2. The summed E-state index contributed by atoms with van der Waals surface area (Å²) in [6.45, 7) is 2.70. The average molecular weight is 497 g/mol. The zero-order valence-electron chi connectivity index (χ0n) is 20.3. The van der Waals surface area contributed by atoms with Gasteiger partial charge in [0.25, 0.3) is 5.56 Å². The summed E-state index contributed by atoms with van der Waals surface area (Å²) in [6, 6.07) is 16.4. The van der Waals surface area contributed by atoms with Crippen LogP contribution in [0.15, 0.2) is 53.3 Å². The van der Waals surface area contributed by atoms with E-state index in [-0.39, 0.29) is 5.56 Å². The van der Waals surface area contributed by atoms with Crippen LogP contribution in [0.5, 0.6) is 0 Å². The molecule has 0 fully saturated rings. The molecule has 3 heterocycles. The lowest BCUT2D eigenvalue weighted by Crippen LogP contribution is -2.26. The van der Waals surface area contributed by atoms with E-state index < -0.39 is 0 Å². The van der Waals surface area contributed by atoms with Gasteiger partial charge in [-0.25, -0.2) is 4.98 Å². The van der Waals surface area contributed by atoms with E-state index in [0.29, 0.717) is 12.4 Å². The van der Waals surface area contributed by atoms with Crippen LogP contribution in [0.3, 0.4) is 0 Å². The summed E-state index contributed by atoms with van der Waals surface area (Å²) >= 11 is 1.73. The van der Waals surface area contributed by atoms with Crippen molar-refractivity contribution in [1.82, 2.24) is 30.2 Å². The first kappa shape index (κ1) is 22.8. The number of hydrogen-bond acceptors (Lipinski definition) is 6. The summed E-state index contributed by atoms with van der Waals surface area (Å²) in [5, 5.41) is 15.4. The minimum Gasteiger partial charge on any atom is -0.292 e. The first-order valence-corrected chi connectivity index (χ1v) is 13.5. The smallest absolute Gasteiger partial charge is 0.262 e. The molecule has 182 valence electrons. The van der Waals surface area contributed by atoms with Gasteiger partial charge in [-0.2, -0.15) is 5.21 Å². The molecule has 6 rings (SSSR count). The van der Waals surface area contributed by atoms with Crippen LogP contribution in [0.25, 0.3) is 32.7 Å². The second-order valence-corrected chi connectivity index (χ2v) is 10.5. The minimum absolute atomic E-state index is 0.122. The number of fused-ring (bicyclic) bond motifs is 3. The number of aromatic nitrogens is 6.